The molecule has 1 saturated carbocycles. The van der Waals surface area contributed by atoms with Crippen molar-refractivity contribution in [1.82, 2.24) is 10.2 Å². The van der Waals surface area contributed by atoms with Crippen LogP contribution in [0.4, 0.5) is 5.69 Å². The number of nitrogens with zero attached hydrogens (tertiary/aromatic N) is 2. The first-order valence-electron chi connectivity index (χ1n) is 15.0. The van der Waals surface area contributed by atoms with Crippen LogP contribution in [0.2, 0.25) is 0 Å². The molecule has 3 aromatic rings. The molecule has 1 fully saturated rings. The number of ether oxygens (including phenoxy) is 1. The highest BCUT2D eigenvalue weighted by molar-refractivity contribution is 7.92. The van der Waals surface area contributed by atoms with Gasteiger partial charge in [0.2, 0.25) is 21.8 Å². The van der Waals surface area contributed by atoms with Crippen molar-refractivity contribution in [3.63, 3.8) is 0 Å². The second-order valence-corrected chi connectivity index (χ2v) is 13.1. The molecule has 1 aliphatic carbocycles. The van der Waals surface area contributed by atoms with Crippen molar-refractivity contribution in [2.45, 2.75) is 70.0 Å². The Morgan fingerprint density at radius 1 is 0.907 bits per heavy atom. The molecule has 0 aromatic heterocycles. The van der Waals surface area contributed by atoms with Crippen molar-refractivity contribution in [2.75, 3.05) is 24.2 Å². The van der Waals surface area contributed by atoms with Crippen LogP contribution in [0.25, 0.3) is 0 Å². The van der Waals surface area contributed by atoms with Crippen molar-refractivity contribution in [3.8, 4) is 5.75 Å². The van der Waals surface area contributed by atoms with Gasteiger partial charge in [0, 0.05) is 38.0 Å². The summed E-state index contributed by atoms with van der Waals surface area (Å²) in [5.74, 6) is 0.209. The van der Waals surface area contributed by atoms with Gasteiger partial charge in [-0.15, -0.1) is 0 Å². The molecular weight excluding hydrogens is 562 g/mol. The number of amides is 2. The van der Waals surface area contributed by atoms with E-state index in [0.717, 1.165) is 43.1 Å². The standard InChI is InChI=1S/C34H43N3O5S/c1-42-31-21-12-20-30(25-31)37(43(2,40)41)23-13-22-33(38)36(26-28-16-8-4-9-17-28)32(24-27-14-6-3-7-15-27)34(39)35-29-18-10-5-11-19-29/h3-4,6-9,12,14-17,20-21,25,29,32H,5,10-11,13,18-19,22-24,26H2,1-2H3,(H,35,39)/t32-/m1/s1. The highest BCUT2D eigenvalue weighted by Gasteiger charge is 2.32. The summed E-state index contributed by atoms with van der Waals surface area (Å²) in [6, 6.07) is 25.7. The number of carbonyl (C=O) groups is 2. The first-order chi connectivity index (χ1) is 20.7. The first kappa shape index (κ1) is 32.1. The molecule has 1 N–H and O–H groups in total. The molecule has 0 bridgehead atoms. The second-order valence-electron chi connectivity index (χ2n) is 11.2. The minimum atomic E-state index is -3.61. The lowest BCUT2D eigenvalue weighted by atomic mass is 9.94. The summed E-state index contributed by atoms with van der Waals surface area (Å²) in [4.78, 5) is 29.6. The lowest BCUT2D eigenvalue weighted by molar-refractivity contribution is -0.141. The zero-order valence-electron chi connectivity index (χ0n) is 25.2. The van der Waals surface area contributed by atoms with Gasteiger partial charge < -0.3 is 15.0 Å². The third-order valence-electron chi connectivity index (χ3n) is 7.91. The predicted octanol–water partition coefficient (Wildman–Crippen LogP) is 5.33. The van der Waals surface area contributed by atoms with Crippen LogP contribution < -0.4 is 14.4 Å². The quantitative estimate of drug-likeness (QED) is 0.268. The zero-order valence-corrected chi connectivity index (χ0v) is 26.0. The maximum absolute atomic E-state index is 14.0. The normalized spacial score (nSPS) is 14.5. The molecule has 1 atom stereocenters. The Hall–Kier alpha value is -3.85. The van der Waals surface area contributed by atoms with E-state index in [9.17, 15) is 18.0 Å². The van der Waals surface area contributed by atoms with E-state index in [1.165, 1.54) is 17.8 Å². The molecule has 3 aromatic carbocycles. The summed E-state index contributed by atoms with van der Waals surface area (Å²) < 4.78 is 32.0. The molecule has 4 rings (SSSR count). The molecule has 0 saturated heterocycles. The molecule has 0 aliphatic heterocycles. The van der Waals surface area contributed by atoms with Gasteiger partial charge in [0.1, 0.15) is 11.8 Å². The average molecular weight is 606 g/mol. The lowest BCUT2D eigenvalue weighted by Gasteiger charge is -2.34. The van der Waals surface area contributed by atoms with Gasteiger partial charge in [0.05, 0.1) is 19.1 Å². The highest BCUT2D eigenvalue weighted by Crippen LogP contribution is 2.24. The van der Waals surface area contributed by atoms with Crippen LogP contribution in [-0.4, -0.2) is 57.1 Å². The number of hydrogen-bond donors (Lipinski definition) is 1. The Balaban J connectivity index is 1.57. The van der Waals surface area contributed by atoms with Gasteiger partial charge in [-0.25, -0.2) is 8.42 Å². The molecular formula is C34H43N3O5S. The summed E-state index contributed by atoms with van der Waals surface area (Å²) in [5.41, 5.74) is 2.37. The maximum Gasteiger partial charge on any atom is 0.243 e. The van der Waals surface area contributed by atoms with E-state index in [0.29, 0.717) is 17.9 Å². The van der Waals surface area contributed by atoms with Gasteiger partial charge >= 0.3 is 0 Å². The highest BCUT2D eigenvalue weighted by atomic mass is 32.2. The Morgan fingerprint density at radius 2 is 1.56 bits per heavy atom. The Bertz CT molecular complexity index is 1430. The fourth-order valence-corrected chi connectivity index (χ4v) is 6.61. The van der Waals surface area contributed by atoms with Gasteiger partial charge in [-0.1, -0.05) is 86.0 Å². The minimum absolute atomic E-state index is 0.0881. The molecule has 230 valence electrons. The van der Waals surface area contributed by atoms with E-state index >= 15 is 0 Å². The number of hydrogen-bond acceptors (Lipinski definition) is 5. The fraction of sp³-hybridized carbons (Fsp3) is 0.412. The molecule has 2 amide bonds. The number of sulfonamides is 1. The third kappa shape index (κ3) is 9.58. The Labute approximate surface area is 256 Å². The van der Waals surface area contributed by atoms with E-state index < -0.39 is 16.1 Å². The summed E-state index contributed by atoms with van der Waals surface area (Å²) in [5, 5.41) is 3.25. The van der Waals surface area contributed by atoms with Gasteiger partial charge in [-0.3, -0.25) is 13.9 Å². The van der Waals surface area contributed by atoms with Gasteiger partial charge in [-0.2, -0.15) is 0 Å². The number of methoxy groups -OCH3 is 1. The summed E-state index contributed by atoms with van der Waals surface area (Å²) in [6.45, 7) is 0.398. The number of benzene rings is 3. The monoisotopic (exact) mass is 605 g/mol. The molecule has 0 radical (unpaired) electrons. The smallest absolute Gasteiger partial charge is 0.243 e. The Kier molecular flexibility index (Phi) is 11.6. The second kappa shape index (κ2) is 15.6. The van der Waals surface area contributed by atoms with E-state index in [1.54, 1.807) is 29.2 Å². The zero-order chi connectivity index (χ0) is 30.7. The molecule has 0 spiro atoms. The minimum Gasteiger partial charge on any atom is -0.497 e. The van der Waals surface area contributed by atoms with Crippen LogP contribution in [0.3, 0.4) is 0 Å². The molecule has 1 aliphatic rings. The van der Waals surface area contributed by atoms with Crippen molar-refractivity contribution >= 4 is 27.5 Å². The largest absolute Gasteiger partial charge is 0.497 e. The van der Waals surface area contributed by atoms with Crippen molar-refractivity contribution < 1.29 is 22.7 Å². The Morgan fingerprint density at radius 3 is 2.19 bits per heavy atom. The summed E-state index contributed by atoms with van der Waals surface area (Å²) in [7, 11) is -2.08. The first-order valence-corrected chi connectivity index (χ1v) is 16.9. The SMILES string of the molecule is COc1cccc(N(CCCC(=O)N(Cc2ccccc2)[C@H](Cc2ccccc2)C(=O)NC2CCCCC2)S(C)(=O)=O)c1. The van der Waals surface area contributed by atoms with Gasteiger partial charge in [-0.05, 0) is 42.5 Å². The van der Waals surface area contributed by atoms with Crippen molar-refractivity contribution in [2.24, 2.45) is 0 Å². The van der Waals surface area contributed by atoms with E-state index in [1.807, 2.05) is 60.7 Å². The van der Waals surface area contributed by atoms with E-state index in [2.05, 4.69) is 5.32 Å². The van der Waals surface area contributed by atoms with Crippen LogP contribution >= 0.6 is 0 Å². The number of carbonyl (C=O) groups excluding carboxylic acids is 2. The van der Waals surface area contributed by atoms with Crippen molar-refractivity contribution in [3.05, 3.63) is 96.1 Å². The summed E-state index contributed by atoms with van der Waals surface area (Å²) in [6.07, 6.45) is 7.17. The molecule has 8 nitrogen and oxygen atoms in total. The van der Waals surface area contributed by atoms with Crippen molar-refractivity contribution in [1.29, 1.82) is 0 Å². The number of nitrogens with one attached hydrogen (secondary N) is 1. The molecule has 0 unspecified atom stereocenters. The predicted molar refractivity (Wildman–Crippen MR) is 170 cm³/mol. The topological polar surface area (TPSA) is 96.0 Å². The number of rotatable bonds is 14. The van der Waals surface area contributed by atoms with Crippen LogP contribution in [0, 0.1) is 0 Å². The van der Waals surface area contributed by atoms with E-state index in [4.69, 9.17) is 4.74 Å². The third-order valence-corrected chi connectivity index (χ3v) is 9.11. The summed E-state index contributed by atoms with van der Waals surface area (Å²) >= 11 is 0. The van der Waals surface area contributed by atoms with E-state index in [-0.39, 0.29) is 43.8 Å². The van der Waals surface area contributed by atoms with Crippen LogP contribution in [0.5, 0.6) is 5.75 Å². The van der Waals surface area contributed by atoms with Gasteiger partial charge in [0.15, 0.2) is 0 Å². The fourth-order valence-electron chi connectivity index (χ4n) is 5.65. The van der Waals surface area contributed by atoms with Crippen LogP contribution in [0.15, 0.2) is 84.9 Å². The van der Waals surface area contributed by atoms with Crippen LogP contribution in [0.1, 0.15) is 56.1 Å². The lowest BCUT2D eigenvalue weighted by Crippen LogP contribution is -2.52. The average Bonchev–Trinajstić information content (AvgIpc) is 3.01. The molecule has 0 heterocycles. The van der Waals surface area contributed by atoms with Gasteiger partial charge in [0.25, 0.3) is 0 Å². The number of anilines is 1. The molecule has 43 heavy (non-hydrogen) atoms. The maximum atomic E-state index is 14.0. The van der Waals surface area contributed by atoms with Crippen LogP contribution in [-0.2, 0) is 32.6 Å². The molecule has 9 heteroatoms.